The minimum Gasteiger partial charge on any atom is -0.492 e. The number of anilines is 1. The molecule has 224 valence electrons. The molecule has 0 spiro atoms. The van der Waals surface area contributed by atoms with Crippen LogP contribution in [-0.4, -0.2) is 68.2 Å². The number of halogens is 1. The van der Waals surface area contributed by atoms with Gasteiger partial charge in [0.25, 0.3) is 0 Å². The maximum atomic E-state index is 14.7. The minimum atomic E-state index is -0.379. The molecule has 0 fully saturated rings. The van der Waals surface area contributed by atoms with Crippen molar-refractivity contribution in [2.45, 2.75) is 20.3 Å². The Balaban J connectivity index is 1.33. The van der Waals surface area contributed by atoms with Crippen molar-refractivity contribution in [3.8, 4) is 39.5 Å². The number of nitrogens with zero attached hydrogens (tertiary/aromatic N) is 5. The largest absolute Gasteiger partial charge is 0.492 e. The normalized spacial score (nSPS) is 11.6. The lowest BCUT2D eigenvalue weighted by Crippen LogP contribution is -2.19. The average Bonchev–Trinajstić information content (AvgIpc) is 3.60. The predicted molar refractivity (Wildman–Crippen MR) is 170 cm³/mol. The summed E-state index contributed by atoms with van der Waals surface area (Å²) in [5.41, 5.74) is 6.93. The van der Waals surface area contributed by atoms with E-state index in [1.54, 1.807) is 18.6 Å². The third-order valence-electron chi connectivity index (χ3n) is 7.10. The van der Waals surface area contributed by atoms with E-state index >= 15 is 0 Å². The number of nitrogens with one attached hydrogen (secondary N) is 3. The molecule has 0 atom stereocenters. The zero-order valence-corrected chi connectivity index (χ0v) is 25.0. The summed E-state index contributed by atoms with van der Waals surface area (Å²) in [5.74, 6) is 0.286. The number of hydrogen-bond donors (Lipinski definition) is 3. The summed E-state index contributed by atoms with van der Waals surface area (Å²) in [7, 11) is 3.92. The topological polar surface area (TPSA) is 125 Å². The lowest BCUT2D eigenvalue weighted by Gasteiger charge is -2.12. The number of fused-ring (bicyclic) bond motifs is 2. The molecule has 44 heavy (non-hydrogen) atoms. The quantitative estimate of drug-likeness (QED) is 0.171. The number of hydrogen-bond acceptors (Lipinski definition) is 7. The van der Waals surface area contributed by atoms with E-state index in [9.17, 15) is 9.18 Å². The van der Waals surface area contributed by atoms with Crippen LogP contribution < -0.4 is 10.1 Å². The van der Waals surface area contributed by atoms with Crippen LogP contribution in [-0.2, 0) is 4.79 Å². The van der Waals surface area contributed by atoms with Crippen molar-refractivity contribution in [1.29, 1.82) is 0 Å². The SMILES string of the molecule is CC(C)CC(=O)Nc1cncc(-c2ccc3[nH]nc(-c4cc5c(-c6cc(F)cc(OCCN(C)C)c6)ccnc5[nH]4)c3n2)c1. The van der Waals surface area contributed by atoms with Gasteiger partial charge >= 0.3 is 0 Å². The Kier molecular flexibility index (Phi) is 8.03. The maximum absolute atomic E-state index is 14.7. The van der Waals surface area contributed by atoms with E-state index < -0.39 is 0 Å². The second kappa shape index (κ2) is 12.2. The molecule has 0 saturated heterocycles. The van der Waals surface area contributed by atoms with Gasteiger partial charge < -0.3 is 19.9 Å². The fraction of sp³-hybridized carbons (Fsp3) is 0.242. The molecule has 0 bridgehead atoms. The molecule has 1 aromatic carbocycles. The smallest absolute Gasteiger partial charge is 0.224 e. The maximum Gasteiger partial charge on any atom is 0.224 e. The number of aromatic amines is 2. The highest BCUT2D eigenvalue weighted by molar-refractivity contribution is 5.99. The van der Waals surface area contributed by atoms with Crippen LogP contribution in [0.1, 0.15) is 20.3 Å². The fourth-order valence-corrected chi connectivity index (χ4v) is 5.03. The highest BCUT2D eigenvalue weighted by Gasteiger charge is 2.17. The summed E-state index contributed by atoms with van der Waals surface area (Å²) in [6.07, 6.45) is 5.45. The summed E-state index contributed by atoms with van der Waals surface area (Å²) in [6, 6.07) is 14.2. The number of amides is 1. The molecule has 11 heteroatoms. The van der Waals surface area contributed by atoms with Crippen LogP contribution in [0.5, 0.6) is 5.75 Å². The highest BCUT2D eigenvalue weighted by atomic mass is 19.1. The fourth-order valence-electron chi connectivity index (χ4n) is 5.03. The van der Waals surface area contributed by atoms with Crippen molar-refractivity contribution in [1.82, 2.24) is 35.0 Å². The van der Waals surface area contributed by atoms with Crippen LogP contribution in [0.15, 0.2) is 67.1 Å². The van der Waals surface area contributed by atoms with Crippen molar-refractivity contribution in [3.05, 3.63) is 72.9 Å². The first-order valence-corrected chi connectivity index (χ1v) is 14.4. The second-order valence-electron chi connectivity index (χ2n) is 11.4. The number of likely N-dealkylation sites (N-methyl/N-ethyl adjacent to an activating group) is 1. The van der Waals surface area contributed by atoms with Gasteiger partial charge in [0.05, 0.1) is 28.8 Å². The average molecular weight is 593 g/mol. The van der Waals surface area contributed by atoms with Gasteiger partial charge in [-0.25, -0.2) is 14.4 Å². The lowest BCUT2D eigenvalue weighted by molar-refractivity contribution is -0.116. The van der Waals surface area contributed by atoms with E-state index in [-0.39, 0.29) is 17.6 Å². The first-order valence-electron chi connectivity index (χ1n) is 14.4. The highest BCUT2D eigenvalue weighted by Crippen LogP contribution is 2.35. The van der Waals surface area contributed by atoms with Gasteiger partial charge in [0.2, 0.25) is 5.91 Å². The molecular weight excluding hydrogens is 559 g/mol. The van der Waals surface area contributed by atoms with E-state index in [0.29, 0.717) is 58.3 Å². The van der Waals surface area contributed by atoms with E-state index in [1.807, 2.05) is 69.2 Å². The van der Waals surface area contributed by atoms with Gasteiger partial charge in [0.15, 0.2) is 0 Å². The van der Waals surface area contributed by atoms with Crippen LogP contribution in [0.25, 0.3) is 55.8 Å². The van der Waals surface area contributed by atoms with Crippen molar-refractivity contribution >= 4 is 33.7 Å². The second-order valence-corrected chi connectivity index (χ2v) is 11.4. The van der Waals surface area contributed by atoms with Crippen molar-refractivity contribution in [2.75, 3.05) is 32.6 Å². The van der Waals surface area contributed by atoms with E-state index in [4.69, 9.17) is 9.72 Å². The Morgan fingerprint density at radius 2 is 1.93 bits per heavy atom. The standard InChI is InChI=1S/C33H33FN8O2/c1-19(2)11-30(43)37-23-13-21(17-35-18-23)27-5-6-28-31(38-27)32(41-40-28)29-16-26-25(7-8-36-33(26)39-29)20-12-22(34)15-24(14-20)44-10-9-42(3)4/h5-8,12-19H,9-11H2,1-4H3,(H,36,39)(H,37,43)(H,40,41). The third-order valence-corrected chi connectivity index (χ3v) is 7.10. The monoisotopic (exact) mass is 592 g/mol. The van der Waals surface area contributed by atoms with E-state index in [1.165, 1.54) is 12.1 Å². The molecule has 0 aliphatic rings. The van der Waals surface area contributed by atoms with Gasteiger partial charge in [0.1, 0.15) is 35.0 Å². The molecule has 0 saturated carbocycles. The summed E-state index contributed by atoms with van der Waals surface area (Å²) in [6.45, 7) is 5.17. The number of carbonyl (C=O) groups excluding carboxylic acids is 1. The Bertz CT molecular complexity index is 1960. The summed E-state index contributed by atoms with van der Waals surface area (Å²) in [5, 5.41) is 11.3. The Hall–Kier alpha value is -5.16. The molecule has 10 nitrogen and oxygen atoms in total. The molecule has 3 N–H and O–H groups in total. The van der Waals surface area contributed by atoms with Gasteiger partial charge in [-0.3, -0.25) is 14.9 Å². The first kappa shape index (κ1) is 28.9. The number of rotatable bonds is 10. The van der Waals surface area contributed by atoms with Crippen LogP contribution in [0.3, 0.4) is 0 Å². The lowest BCUT2D eigenvalue weighted by atomic mass is 10.0. The molecule has 6 aromatic rings. The number of benzene rings is 1. The minimum absolute atomic E-state index is 0.0578. The molecule has 5 heterocycles. The Morgan fingerprint density at radius 1 is 1.07 bits per heavy atom. The van der Waals surface area contributed by atoms with Gasteiger partial charge in [-0.05, 0) is 73.6 Å². The van der Waals surface area contributed by atoms with Crippen molar-refractivity contribution < 1.29 is 13.9 Å². The molecule has 6 rings (SSSR count). The zero-order valence-electron chi connectivity index (χ0n) is 25.0. The van der Waals surface area contributed by atoms with Crippen LogP contribution in [0.4, 0.5) is 10.1 Å². The number of pyridine rings is 3. The van der Waals surface area contributed by atoms with Crippen molar-refractivity contribution in [2.24, 2.45) is 5.92 Å². The van der Waals surface area contributed by atoms with Crippen molar-refractivity contribution in [3.63, 3.8) is 0 Å². The summed E-state index contributed by atoms with van der Waals surface area (Å²) >= 11 is 0. The molecular formula is C33H33FN8O2. The Morgan fingerprint density at radius 3 is 2.75 bits per heavy atom. The van der Waals surface area contributed by atoms with Gasteiger partial charge in [-0.2, -0.15) is 5.10 Å². The molecule has 0 aliphatic carbocycles. The number of H-pyrrole nitrogens is 2. The summed E-state index contributed by atoms with van der Waals surface area (Å²) < 4.78 is 20.5. The van der Waals surface area contributed by atoms with Crippen LogP contribution >= 0.6 is 0 Å². The third kappa shape index (κ3) is 6.28. The number of ether oxygens (including phenoxy) is 1. The zero-order chi connectivity index (χ0) is 30.8. The van der Waals surface area contributed by atoms with Gasteiger partial charge in [-0.1, -0.05) is 13.8 Å². The van der Waals surface area contributed by atoms with Gasteiger partial charge in [-0.15, -0.1) is 0 Å². The molecule has 0 unspecified atom stereocenters. The number of aromatic nitrogens is 6. The van der Waals surface area contributed by atoms with Crippen LogP contribution in [0, 0.1) is 11.7 Å². The first-order chi connectivity index (χ1) is 21.2. The molecule has 0 radical (unpaired) electrons. The van der Waals surface area contributed by atoms with Crippen LogP contribution in [0.2, 0.25) is 0 Å². The Labute approximate surface area is 253 Å². The number of carbonyl (C=O) groups is 1. The molecule has 1 amide bonds. The van der Waals surface area contributed by atoms with E-state index in [0.717, 1.165) is 28.6 Å². The van der Waals surface area contributed by atoms with Gasteiger partial charge in [0, 0.05) is 42.4 Å². The molecule has 0 aliphatic heterocycles. The summed E-state index contributed by atoms with van der Waals surface area (Å²) in [4.78, 5) is 31.4. The molecule has 5 aromatic heterocycles. The predicted octanol–water partition coefficient (Wildman–Crippen LogP) is 6.29. The van der Waals surface area contributed by atoms with E-state index in [2.05, 4.69) is 30.5 Å².